The molecule has 7 nitrogen and oxygen atoms in total. The summed E-state index contributed by atoms with van der Waals surface area (Å²) in [6, 6.07) is 18.0. The first-order valence-electron chi connectivity index (χ1n) is 9.56. The van der Waals surface area contributed by atoms with E-state index in [2.05, 4.69) is 22.6 Å². The second-order valence-electron chi connectivity index (χ2n) is 7.41. The van der Waals surface area contributed by atoms with E-state index in [1.54, 1.807) is 0 Å². The standard InChI is InChI=1S/C23H21N7/c1-13-19(10-24)14(2)28-20(11-25)22(13)16-5-8-21-18(9-16)23(27)29-30(21)12-15-3-6-17(26)7-4-15/h3-9,13,28H,12,26H2,1-2H3,(H2,27,29). The van der Waals surface area contributed by atoms with Gasteiger partial charge in [-0.25, -0.2) is 0 Å². The van der Waals surface area contributed by atoms with E-state index in [4.69, 9.17) is 11.5 Å². The molecular formula is C23H21N7. The Labute approximate surface area is 174 Å². The molecule has 1 aromatic heterocycles. The van der Waals surface area contributed by atoms with Crippen LogP contribution in [0.1, 0.15) is 25.0 Å². The summed E-state index contributed by atoms with van der Waals surface area (Å²) in [5.74, 6) is 0.222. The largest absolute Gasteiger partial charge is 0.399 e. The van der Waals surface area contributed by atoms with E-state index < -0.39 is 0 Å². The van der Waals surface area contributed by atoms with Crippen LogP contribution in [0.15, 0.2) is 59.4 Å². The highest BCUT2D eigenvalue weighted by atomic mass is 15.3. The predicted molar refractivity (Wildman–Crippen MR) is 117 cm³/mol. The number of nitrogens with two attached hydrogens (primary N) is 2. The summed E-state index contributed by atoms with van der Waals surface area (Å²) in [4.78, 5) is 0. The Morgan fingerprint density at radius 1 is 1.10 bits per heavy atom. The number of nitrogens with one attached hydrogen (secondary N) is 1. The molecule has 1 unspecified atom stereocenters. The van der Waals surface area contributed by atoms with Crippen LogP contribution in [-0.4, -0.2) is 9.78 Å². The Balaban J connectivity index is 1.78. The van der Waals surface area contributed by atoms with E-state index >= 15 is 0 Å². The number of dihydropyridines is 1. The quantitative estimate of drug-likeness (QED) is 0.582. The summed E-state index contributed by atoms with van der Waals surface area (Å²) in [7, 11) is 0. The molecule has 4 rings (SSSR count). The van der Waals surface area contributed by atoms with E-state index in [1.807, 2.05) is 61.0 Å². The predicted octanol–water partition coefficient (Wildman–Crippen LogP) is 3.52. The topological polar surface area (TPSA) is 129 Å². The molecule has 0 bridgehead atoms. The lowest BCUT2D eigenvalue weighted by Crippen LogP contribution is -2.23. The molecule has 3 aromatic rings. The molecule has 2 aromatic carbocycles. The Morgan fingerprint density at radius 3 is 2.50 bits per heavy atom. The zero-order valence-electron chi connectivity index (χ0n) is 16.8. The summed E-state index contributed by atoms with van der Waals surface area (Å²) < 4.78 is 1.85. The van der Waals surface area contributed by atoms with Gasteiger partial charge in [0.25, 0.3) is 0 Å². The van der Waals surface area contributed by atoms with Crippen LogP contribution in [0.25, 0.3) is 16.5 Å². The number of aromatic nitrogens is 2. The van der Waals surface area contributed by atoms with Crippen molar-refractivity contribution in [2.75, 3.05) is 11.5 Å². The normalized spacial score (nSPS) is 16.3. The summed E-state index contributed by atoms with van der Waals surface area (Å²) in [5, 5.41) is 27.6. The first kappa shape index (κ1) is 19.1. The zero-order chi connectivity index (χ0) is 21.4. The third-order valence-electron chi connectivity index (χ3n) is 5.49. The van der Waals surface area contributed by atoms with Crippen molar-refractivity contribution in [2.24, 2.45) is 5.92 Å². The van der Waals surface area contributed by atoms with Crippen molar-refractivity contribution in [3.05, 3.63) is 70.6 Å². The minimum Gasteiger partial charge on any atom is -0.399 e. The minimum atomic E-state index is -0.200. The van der Waals surface area contributed by atoms with Crippen LogP contribution >= 0.6 is 0 Å². The highest BCUT2D eigenvalue weighted by molar-refractivity contribution is 5.93. The summed E-state index contributed by atoms with van der Waals surface area (Å²) >= 11 is 0. The lowest BCUT2D eigenvalue weighted by Gasteiger charge is -2.25. The first-order valence-corrected chi connectivity index (χ1v) is 9.56. The third-order valence-corrected chi connectivity index (χ3v) is 5.49. The van der Waals surface area contributed by atoms with Crippen LogP contribution in [0.2, 0.25) is 0 Å². The van der Waals surface area contributed by atoms with E-state index in [-0.39, 0.29) is 5.92 Å². The molecule has 0 fully saturated rings. The SMILES string of the molecule is CC1=C(C#N)C(C)C(c2ccc3c(c2)c(N)nn3Cc2ccc(N)cc2)=C(C#N)N1. The van der Waals surface area contributed by atoms with Crippen LogP contribution in [0.5, 0.6) is 0 Å². The molecule has 0 radical (unpaired) electrons. The fraction of sp³-hybridized carbons (Fsp3) is 0.174. The van der Waals surface area contributed by atoms with Crippen molar-refractivity contribution >= 4 is 28.0 Å². The molecule has 0 saturated carbocycles. The smallest absolute Gasteiger partial charge is 0.153 e. The molecule has 0 spiro atoms. The van der Waals surface area contributed by atoms with Gasteiger partial charge < -0.3 is 16.8 Å². The Morgan fingerprint density at radius 2 is 1.83 bits per heavy atom. The van der Waals surface area contributed by atoms with E-state index in [0.29, 0.717) is 35.0 Å². The first-order chi connectivity index (χ1) is 14.4. The van der Waals surface area contributed by atoms with Crippen LogP contribution in [-0.2, 0) is 6.54 Å². The molecule has 0 amide bonds. The molecule has 1 aliphatic rings. The van der Waals surface area contributed by atoms with E-state index in [9.17, 15) is 10.5 Å². The lowest BCUT2D eigenvalue weighted by molar-refractivity contribution is 0.716. The van der Waals surface area contributed by atoms with Gasteiger partial charge in [0, 0.05) is 28.3 Å². The summed E-state index contributed by atoms with van der Waals surface area (Å²) in [6.07, 6.45) is 0. The van der Waals surface area contributed by atoms with Crippen molar-refractivity contribution in [2.45, 2.75) is 20.4 Å². The number of nitrogens with zero attached hydrogens (tertiary/aromatic N) is 4. The molecule has 148 valence electrons. The molecule has 0 saturated heterocycles. The molecule has 30 heavy (non-hydrogen) atoms. The number of hydrogen-bond donors (Lipinski definition) is 3. The van der Waals surface area contributed by atoms with Gasteiger partial charge in [0.15, 0.2) is 5.82 Å². The van der Waals surface area contributed by atoms with Crippen LogP contribution in [0, 0.1) is 28.6 Å². The van der Waals surface area contributed by atoms with Gasteiger partial charge in [-0.3, -0.25) is 4.68 Å². The van der Waals surface area contributed by atoms with Crippen LogP contribution in [0.4, 0.5) is 11.5 Å². The average molecular weight is 395 g/mol. The second-order valence-corrected chi connectivity index (χ2v) is 7.41. The highest BCUT2D eigenvalue weighted by Crippen LogP contribution is 2.37. The maximum absolute atomic E-state index is 9.65. The monoisotopic (exact) mass is 395 g/mol. The van der Waals surface area contributed by atoms with Gasteiger partial charge in [0.1, 0.15) is 11.8 Å². The number of hydrogen-bond acceptors (Lipinski definition) is 6. The van der Waals surface area contributed by atoms with Crippen molar-refractivity contribution in [3.63, 3.8) is 0 Å². The number of benzene rings is 2. The summed E-state index contributed by atoms with van der Waals surface area (Å²) in [5.41, 5.74) is 18.1. The number of nitriles is 2. The van der Waals surface area contributed by atoms with Gasteiger partial charge in [-0.05, 0) is 42.3 Å². The molecule has 1 atom stereocenters. The fourth-order valence-corrected chi connectivity index (χ4v) is 3.96. The van der Waals surface area contributed by atoms with Crippen molar-refractivity contribution in [3.8, 4) is 12.1 Å². The number of allylic oxidation sites excluding steroid dienone is 4. The second kappa shape index (κ2) is 7.31. The van der Waals surface area contributed by atoms with Crippen molar-refractivity contribution < 1.29 is 0 Å². The molecule has 0 aliphatic carbocycles. The van der Waals surface area contributed by atoms with Gasteiger partial charge in [0.2, 0.25) is 0 Å². The van der Waals surface area contributed by atoms with Crippen molar-refractivity contribution in [1.82, 2.24) is 15.1 Å². The van der Waals surface area contributed by atoms with Gasteiger partial charge >= 0.3 is 0 Å². The van der Waals surface area contributed by atoms with Gasteiger partial charge in [0.05, 0.1) is 23.7 Å². The summed E-state index contributed by atoms with van der Waals surface area (Å²) in [6.45, 7) is 4.32. The Bertz CT molecular complexity index is 1290. The maximum Gasteiger partial charge on any atom is 0.153 e. The third kappa shape index (κ3) is 3.13. The molecular weight excluding hydrogens is 374 g/mol. The van der Waals surface area contributed by atoms with Crippen molar-refractivity contribution in [1.29, 1.82) is 10.5 Å². The van der Waals surface area contributed by atoms with Gasteiger partial charge in [-0.2, -0.15) is 15.6 Å². The minimum absolute atomic E-state index is 0.200. The molecule has 1 aliphatic heterocycles. The molecule has 5 N–H and O–H groups in total. The average Bonchev–Trinajstić information content (AvgIpc) is 3.04. The molecule has 2 heterocycles. The number of nitrogen functional groups attached to an aromatic ring is 2. The fourth-order valence-electron chi connectivity index (χ4n) is 3.96. The van der Waals surface area contributed by atoms with E-state index in [1.165, 1.54) is 0 Å². The van der Waals surface area contributed by atoms with Gasteiger partial charge in [-0.1, -0.05) is 25.1 Å². The molecule has 7 heteroatoms. The zero-order valence-corrected chi connectivity index (χ0v) is 16.8. The number of rotatable bonds is 3. The highest BCUT2D eigenvalue weighted by Gasteiger charge is 2.27. The number of fused-ring (bicyclic) bond motifs is 1. The van der Waals surface area contributed by atoms with E-state index in [0.717, 1.165) is 27.6 Å². The van der Waals surface area contributed by atoms with Gasteiger partial charge in [-0.15, -0.1) is 0 Å². The Hall–Kier alpha value is -4.23. The Kier molecular flexibility index (Phi) is 4.65. The number of anilines is 2. The lowest BCUT2D eigenvalue weighted by atomic mass is 9.83. The van der Waals surface area contributed by atoms with Crippen LogP contribution in [0.3, 0.4) is 0 Å². The maximum atomic E-state index is 9.65. The van der Waals surface area contributed by atoms with Crippen LogP contribution < -0.4 is 16.8 Å².